The summed E-state index contributed by atoms with van der Waals surface area (Å²) in [6, 6.07) is 1.66. The number of aliphatic imine (C=N–C) groups is 1. The van der Waals surface area contributed by atoms with Gasteiger partial charge in [0, 0.05) is 36.8 Å². The summed E-state index contributed by atoms with van der Waals surface area (Å²) >= 11 is 0. The summed E-state index contributed by atoms with van der Waals surface area (Å²) in [4.78, 5) is 28.1. The fourth-order valence-electron chi connectivity index (χ4n) is 2.96. The van der Waals surface area contributed by atoms with Crippen molar-refractivity contribution in [2.75, 3.05) is 13.7 Å². The highest BCUT2D eigenvalue weighted by molar-refractivity contribution is 6.13. The molecule has 1 aliphatic heterocycles. The minimum absolute atomic E-state index is 0.0692. The maximum Gasteiger partial charge on any atom is 0.299 e. The zero-order chi connectivity index (χ0) is 17.4. The molecule has 7 heteroatoms. The number of aromatic nitrogens is 1. The molecule has 0 aromatic carbocycles. The van der Waals surface area contributed by atoms with Crippen molar-refractivity contribution in [1.82, 2.24) is 10.5 Å². The van der Waals surface area contributed by atoms with Crippen LogP contribution in [-0.2, 0) is 9.53 Å². The predicted molar refractivity (Wildman–Crippen MR) is 89.1 cm³/mol. The molecule has 1 aromatic heterocycles. The van der Waals surface area contributed by atoms with E-state index in [2.05, 4.69) is 15.5 Å². The lowest BCUT2D eigenvalue weighted by Crippen LogP contribution is -2.34. The summed E-state index contributed by atoms with van der Waals surface area (Å²) in [6.07, 6.45) is 9.04. The number of nitrogens with zero attached hydrogens (tertiary/aromatic N) is 2. The molecule has 2 amide bonds. The molecule has 4 rings (SSSR count). The number of methoxy groups -OCH3 is 1. The highest BCUT2D eigenvalue weighted by Crippen LogP contribution is 2.40. The zero-order valence-corrected chi connectivity index (χ0v) is 13.7. The number of hydrogen-bond acceptors (Lipinski definition) is 5. The summed E-state index contributed by atoms with van der Waals surface area (Å²) < 4.78 is 10.3. The standard InChI is InChI=1S/C18H17N3O4/c1-24-9-11-6-17(22)20-14-7-12(4-5-13(11)14)19-18(23)15-8-16(25-21-15)10-2-3-10/h4-8,10,13H,2-3,9H2,1H3,(H,20,22). The van der Waals surface area contributed by atoms with Crippen LogP contribution in [0.5, 0.6) is 0 Å². The van der Waals surface area contributed by atoms with Crippen LogP contribution in [0.15, 0.2) is 51.2 Å². The van der Waals surface area contributed by atoms with Gasteiger partial charge in [0.2, 0.25) is 5.91 Å². The van der Waals surface area contributed by atoms with E-state index in [4.69, 9.17) is 9.26 Å². The maximum absolute atomic E-state index is 12.3. The molecule has 0 saturated heterocycles. The topological polar surface area (TPSA) is 93.8 Å². The molecule has 1 fully saturated rings. The minimum Gasteiger partial charge on any atom is -0.380 e. The first-order valence-corrected chi connectivity index (χ1v) is 8.14. The molecule has 2 heterocycles. The van der Waals surface area contributed by atoms with Crippen LogP contribution in [-0.4, -0.2) is 36.4 Å². The number of hydrogen-bond donors (Lipinski definition) is 1. The second-order valence-electron chi connectivity index (χ2n) is 6.31. The summed E-state index contributed by atoms with van der Waals surface area (Å²) in [6.45, 7) is 0.369. The first-order chi connectivity index (χ1) is 12.1. The molecule has 0 radical (unpaired) electrons. The Kier molecular flexibility index (Phi) is 3.93. The monoisotopic (exact) mass is 339 g/mol. The Balaban J connectivity index is 1.55. The van der Waals surface area contributed by atoms with Gasteiger partial charge in [-0.2, -0.15) is 0 Å². The Hall–Kier alpha value is -2.80. The van der Waals surface area contributed by atoms with Gasteiger partial charge in [-0.1, -0.05) is 11.2 Å². The van der Waals surface area contributed by atoms with Crippen molar-refractivity contribution in [3.63, 3.8) is 0 Å². The van der Waals surface area contributed by atoms with E-state index in [0.717, 1.165) is 24.2 Å². The van der Waals surface area contributed by atoms with Gasteiger partial charge in [0.25, 0.3) is 5.91 Å². The average molecular weight is 339 g/mol. The minimum atomic E-state index is -0.458. The molecule has 0 bridgehead atoms. The molecular weight excluding hydrogens is 322 g/mol. The van der Waals surface area contributed by atoms with Crippen molar-refractivity contribution in [2.24, 2.45) is 10.9 Å². The SMILES string of the molecule is COCC1=CC(=O)NC2=CC(=NC(=O)c3cc(C4CC4)on3)C=CC12. The number of carbonyl (C=O) groups is 2. The van der Waals surface area contributed by atoms with E-state index in [1.54, 1.807) is 25.3 Å². The molecule has 1 aromatic rings. The van der Waals surface area contributed by atoms with Crippen LogP contribution in [0, 0.1) is 5.92 Å². The van der Waals surface area contributed by atoms with Gasteiger partial charge in [-0.05, 0) is 30.6 Å². The molecule has 0 spiro atoms. The van der Waals surface area contributed by atoms with Crippen LogP contribution in [0.1, 0.15) is 35.0 Å². The van der Waals surface area contributed by atoms with Crippen molar-refractivity contribution < 1.29 is 18.8 Å². The second-order valence-corrected chi connectivity index (χ2v) is 6.31. The van der Waals surface area contributed by atoms with Crippen molar-refractivity contribution in [3.05, 3.63) is 53.1 Å². The van der Waals surface area contributed by atoms with Gasteiger partial charge in [0.15, 0.2) is 5.69 Å². The average Bonchev–Trinajstić information content (AvgIpc) is 3.31. The van der Waals surface area contributed by atoms with Gasteiger partial charge in [-0.15, -0.1) is 0 Å². The number of rotatable bonds is 4. The largest absolute Gasteiger partial charge is 0.380 e. The molecule has 1 N–H and O–H groups in total. The van der Waals surface area contributed by atoms with E-state index >= 15 is 0 Å². The molecular formula is C18H17N3O4. The first kappa shape index (κ1) is 15.7. The van der Waals surface area contributed by atoms with E-state index in [9.17, 15) is 9.59 Å². The van der Waals surface area contributed by atoms with Crippen molar-refractivity contribution in [2.45, 2.75) is 18.8 Å². The first-order valence-electron chi connectivity index (χ1n) is 8.14. The second kappa shape index (κ2) is 6.25. The summed E-state index contributed by atoms with van der Waals surface area (Å²) in [5.41, 5.74) is 2.22. The van der Waals surface area contributed by atoms with E-state index in [1.807, 2.05) is 6.08 Å². The van der Waals surface area contributed by atoms with Gasteiger partial charge in [-0.25, -0.2) is 4.99 Å². The number of nitrogens with one attached hydrogen (secondary N) is 1. The smallest absolute Gasteiger partial charge is 0.299 e. The summed E-state index contributed by atoms with van der Waals surface area (Å²) in [5.74, 6) is 0.402. The Labute approximate surface area is 144 Å². The van der Waals surface area contributed by atoms with Crippen LogP contribution in [0.2, 0.25) is 0 Å². The van der Waals surface area contributed by atoms with Crippen LogP contribution in [0.25, 0.3) is 0 Å². The lowest BCUT2D eigenvalue weighted by Gasteiger charge is -2.27. The Morgan fingerprint density at radius 2 is 2.28 bits per heavy atom. The number of carbonyl (C=O) groups excluding carboxylic acids is 2. The van der Waals surface area contributed by atoms with Crippen LogP contribution >= 0.6 is 0 Å². The molecule has 2 aliphatic carbocycles. The third-order valence-electron chi connectivity index (χ3n) is 4.35. The quantitative estimate of drug-likeness (QED) is 0.904. The lowest BCUT2D eigenvalue weighted by atomic mass is 9.88. The Morgan fingerprint density at radius 1 is 1.44 bits per heavy atom. The normalized spacial score (nSPS) is 23.8. The summed E-state index contributed by atoms with van der Waals surface area (Å²) in [7, 11) is 1.59. The van der Waals surface area contributed by atoms with Crippen molar-refractivity contribution >= 4 is 17.5 Å². The van der Waals surface area contributed by atoms with Crippen LogP contribution < -0.4 is 5.32 Å². The number of ether oxygens (including phenoxy) is 1. The number of fused-ring (bicyclic) bond motifs is 1. The van der Waals surface area contributed by atoms with Gasteiger partial charge >= 0.3 is 0 Å². The van der Waals surface area contributed by atoms with Gasteiger partial charge in [-0.3, -0.25) is 9.59 Å². The predicted octanol–water partition coefficient (Wildman–Crippen LogP) is 1.91. The fraction of sp³-hybridized carbons (Fsp3) is 0.333. The molecule has 1 atom stereocenters. The fourth-order valence-corrected chi connectivity index (χ4v) is 2.96. The van der Waals surface area contributed by atoms with Gasteiger partial charge in [0.1, 0.15) is 5.76 Å². The van der Waals surface area contributed by atoms with E-state index in [1.165, 1.54) is 6.08 Å². The molecule has 1 saturated carbocycles. The lowest BCUT2D eigenvalue weighted by molar-refractivity contribution is -0.116. The summed E-state index contributed by atoms with van der Waals surface area (Å²) in [5, 5.41) is 6.59. The van der Waals surface area contributed by atoms with E-state index < -0.39 is 5.91 Å². The molecule has 25 heavy (non-hydrogen) atoms. The highest BCUT2D eigenvalue weighted by Gasteiger charge is 2.29. The third kappa shape index (κ3) is 3.23. The molecule has 7 nitrogen and oxygen atoms in total. The molecule has 1 unspecified atom stereocenters. The highest BCUT2D eigenvalue weighted by atomic mass is 16.5. The van der Waals surface area contributed by atoms with Crippen LogP contribution in [0.4, 0.5) is 0 Å². The van der Waals surface area contributed by atoms with E-state index in [-0.39, 0.29) is 17.5 Å². The van der Waals surface area contributed by atoms with Crippen LogP contribution in [0.3, 0.4) is 0 Å². The Bertz CT molecular complexity index is 855. The van der Waals surface area contributed by atoms with E-state index in [0.29, 0.717) is 23.9 Å². The van der Waals surface area contributed by atoms with Gasteiger partial charge in [0.05, 0.1) is 12.3 Å². The van der Waals surface area contributed by atoms with Crippen molar-refractivity contribution in [3.8, 4) is 0 Å². The van der Waals surface area contributed by atoms with Crippen molar-refractivity contribution in [1.29, 1.82) is 0 Å². The maximum atomic E-state index is 12.3. The zero-order valence-electron chi connectivity index (χ0n) is 13.7. The Morgan fingerprint density at radius 3 is 3.04 bits per heavy atom. The van der Waals surface area contributed by atoms with Gasteiger partial charge < -0.3 is 14.6 Å². The molecule has 128 valence electrons. The number of allylic oxidation sites excluding steroid dienone is 3. The number of amides is 2. The third-order valence-corrected chi connectivity index (χ3v) is 4.35. The molecule has 3 aliphatic rings.